The van der Waals surface area contributed by atoms with E-state index in [0.717, 1.165) is 50.4 Å². The summed E-state index contributed by atoms with van der Waals surface area (Å²) in [5.74, 6) is 0.193. The maximum atomic E-state index is 12.3. The summed E-state index contributed by atoms with van der Waals surface area (Å²) in [5.41, 5.74) is 1.76. The first kappa shape index (κ1) is 24.7. The van der Waals surface area contributed by atoms with Crippen molar-refractivity contribution in [3.05, 3.63) is 29.8 Å². The first-order valence-electron chi connectivity index (χ1n) is 8.58. The largest absolute Gasteiger partial charge is 0.340 e. The lowest BCUT2D eigenvalue weighted by Crippen LogP contribution is -2.47. The predicted octanol–water partition coefficient (Wildman–Crippen LogP) is 1.78. The normalized spacial score (nSPS) is 14.2. The summed E-state index contributed by atoms with van der Waals surface area (Å²) in [6.45, 7) is 4.31. The van der Waals surface area contributed by atoms with Crippen molar-refractivity contribution in [3.63, 3.8) is 0 Å². The molecule has 0 unspecified atom stereocenters. The van der Waals surface area contributed by atoms with E-state index in [4.69, 9.17) is 0 Å². The van der Waals surface area contributed by atoms with E-state index < -0.39 is 0 Å². The smallest absolute Gasteiger partial charge is 0.227 e. The van der Waals surface area contributed by atoms with E-state index in [1.54, 1.807) is 0 Å². The van der Waals surface area contributed by atoms with Gasteiger partial charge in [0, 0.05) is 38.3 Å². The number of piperazine rings is 1. The highest BCUT2D eigenvalue weighted by molar-refractivity contribution is 5.90. The second-order valence-electron chi connectivity index (χ2n) is 6.31. The number of hydrogen-bond donors (Lipinski definition) is 2. The van der Waals surface area contributed by atoms with Crippen molar-refractivity contribution in [2.45, 2.75) is 19.3 Å². The maximum Gasteiger partial charge on any atom is 0.227 e. The van der Waals surface area contributed by atoms with Gasteiger partial charge in [-0.15, -0.1) is 24.8 Å². The van der Waals surface area contributed by atoms with Crippen LogP contribution in [0.15, 0.2) is 24.3 Å². The van der Waals surface area contributed by atoms with Crippen LogP contribution in [0.4, 0.5) is 5.69 Å². The molecule has 1 aromatic carbocycles. The van der Waals surface area contributed by atoms with Crippen LogP contribution in [-0.4, -0.2) is 68.4 Å². The molecular formula is C18H30Cl2N4O2. The van der Waals surface area contributed by atoms with Crippen molar-refractivity contribution >= 4 is 42.3 Å². The summed E-state index contributed by atoms with van der Waals surface area (Å²) in [6, 6.07) is 7.56. The molecule has 1 saturated heterocycles. The summed E-state index contributed by atoms with van der Waals surface area (Å²) in [4.78, 5) is 28.3. The molecule has 0 spiro atoms. The van der Waals surface area contributed by atoms with Crippen LogP contribution >= 0.6 is 24.8 Å². The topological polar surface area (TPSA) is 64.7 Å². The minimum atomic E-state index is 0. The monoisotopic (exact) mass is 404 g/mol. The molecule has 0 radical (unpaired) electrons. The Bertz CT molecular complexity index is 547. The highest BCUT2D eigenvalue weighted by Crippen LogP contribution is 2.12. The molecule has 1 aliphatic rings. The molecule has 2 N–H and O–H groups in total. The van der Waals surface area contributed by atoms with Crippen LogP contribution < -0.4 is 10.6 Å². The molecule has 2 rings (SSSR count). The second-order valence-corrected chi connectivity index (χ2v) is 6.31. The number of likely N-dealkylation sites (N-methyl/N-ethyl adjacent to an activating group) is 1. The number of hydrogen-bond acceptors (Lipinski definition) is 4. The molecule has 1 aliphatic heterocycles. The van der Waals surface area contributed by atoms with Crippen LogP contribution in [0.1, 0.15) is 18.4 Å². The van der Waals surface area contributed by atoms with Gasteiger partial charge in [0.25, 0.3) is 0 Å². The van der Waals surface area contributed by atoms with Gasteiger partial charge in [0.1, 0.15) is 0 Å². The van der Waals surface area contributed by atoms with Crippen molar-refractivity contribution in [1.29, 1.82) is 0 Å². The van der Waals surface area contributed by atoms with Crippen LogP contribution in [0.5, 0.6) is 0 Å². The van der Waals surface area contributed by atoms with E-state index in [2.05, 4.69) is 22.6 Å². The Morgan fingerprint density at radius 1 is 1.04 bits per heavy atom. The number of anilines is 1. The lowest BCUT2D eigenvalue weighted by atomic mass is 10.1. The molecule has 6 nitrogen and oxygen atoms in total. The van der Waals surface area contributed by atoms with Crippen LogP contribution in [-0.2, 0) is 16.0 Å². The van der Waals surface area contributed by atoms with Gasteiger partial charge in [0.2, 0.25) is 11.8 Å². The molecule has 148 valence electrons. The zero-order valence-corrected chi connectivity index (χ0v) is 17.1. The Balaban J connectivity index is 0.00000312. The van der Waals surface area contributed by atoms with Gasteiger partial charge in [0.15, 0.2) is 0 Å². The molecule has 1 fully saturated rings. The number of halogens is 2. The Kier molecular flexibility index (Phi) is 12.3. The van der Waals surface area contributed by atoms with Gasteiger partial charge in [-0.1, -0.05) is 12.1 Å². The van der Waals surface area contributed by atoms with Gasteiger partial charge in [-0.2, -0.15) is 0 Å². The van der Waals surface area contributed by atoms with Crippen LogP contribution in [0.2, 0.25) is 0 Å². The number of carbonyl (C=O) groups is 2. The Labute approximate surface area is 168 Å². The van der Waals surface area contributed by atoms with Crippen molar-refractivity contribution in [2.75, 3.05) is 52.1 Å². The predicted molar refractivity (Wildman–Crippen MR) is 111 cm³/mol. The van der Waals surface area contributed by atoms with E-state index in [9.17, 15) is 9.59 Å². The van der Waals surface area contributed by atoms with E-state index in [-0.39, 0.29) is 36.6 Å². The SMILES string of the molecule is CNCCCC(=O)Nc1ccc(CC(=O)N2CCN(C)CC2)cc1.Cl.Cl. The quantitative estimate of drug-likeness (QED) is 0.679. The Morgan fingerprint density at radius 2 is 1.65 bits per heavy atom. The molecule has 1 heterocycles. The molecule has 0 saturated carbocycles. The summed E-state index contributed by atoms with van der Waals surface area (Å²) in [7, 11) is 3.95. The highest BCUT2D eigenvalue weighted by atomic mass is 35.5. The molecule has 0 aromatic heterocycles. The number of nitrogens with zero attached hydrogens (tertiary/aromatic N) is 2. The molecule has 26 heavy (non-hydrogen) atoms. The zero-order valence-electron chi connectivity index (χ0n) is 15.5. The Morgan fingerprint density at radius 3 is 2.23 bits per heavy atom. The van der Waals surface area contributed by atoms with Gasteiger partial charge in [0.05, 0.1) is 6.42 Å². The zero-order chi connectivity index (χ0) is 17.4. The van der Waals surface area contributed by atoms with E-state index in [0.29, 0.717) is 12.8 Å². The van der Waals surface area contributed by atoms with Crippen LogP contribution in [0.3, 0.4) is 0 Å². The number of rotatable bonds is 7. The van der Waals surface area contributed by atoms with E-state index in [1.165, 1.54) is 0 Å². The van der Waals surface area contributed by atoms with Gasteiger partial charge >= 0.3 is 0 Å². The molecule has 0 atom stereocenters. The van der Waals surface area contributed by atoms with Gasteiger partial charge in [-0.3, -0.25) is 9.59 Å². The number of amides is 2. The fourth-order valence-corrected chi connectivity index (χ4v) is 2.70. The number of benzene rings is 1. The first-order valence-corrected chi connectivity index (χ1v) is 8.58. The van der Waals surface area contributed by atoms with Crippen LogP contribution in [0.25, 0.3) is 0 Å². The fourth-order valence-electron chi connectivity index (χ4n) is 2.70. The highest BCUT2D eigenvalue weighted by Gasteiger charge is 2.18. The third-order valence-electron chi connectivity index (χ3n) is 4.28. The third kappa shape index (κ3) is 8.36. The van der Waals surface area contributed by atoms with E-state index >= 15 is 0 Å². The van der Waals surface area contributed by atoms with Crippen molar-refractivity contribution in [1.82, 2.24) is 15.1 Å². The maximum absolute atomic E-state index is 12.3. The van der Waals surface area contributed by atoms with Crippen molar-refractivity contribution in [3.8, 4) is 0 Å². The lowest BCUT2D eigenvalue weighted by molar-refractivity contribution is -0.132. The summed E-state index contributed by atoms with van der Waals surface area (Å²) >= 11 is 0. The third-order valence-corrected chi connectivity index (χ3v) is 4.28. The van der Waals surface area contributed by atoms with Gasteiger partial charge in [-0.25, -0.2) is 0 Å². The Hall–Kier alpha value is -1.34. The summed E-state index contributed by atoms with van der Waals surface area (Å²) in [5, 5.41) is 5.91. The second kappa shape index (κ2) is 12.9. The molecule has 0 aliphatic carbocycles. The molecule has 2 amide bonds. The van der Waals surface area contributed by atoms with Crippen molar-refractivity contribution < 1.29 is 9.59 Å². The fraction of sp³-hybridized carbons (Fsp3) is 0.556. The number of carbonyl (C=O) groups excluding carboxylic acids is 2. The van der Waals surface area contributed by atoms with Crippen molar-refractivity contribution in [2.24, 2.45) is 0 Å². The van der Waals surface area contributed by atoms with Gasteiger partial charge in [-0.05, 0) is 44.8 Å². The minimum absolute atomic E-state index is 0. The van der Waals surface area contributed by atoms with Crippen LogP contribution in [0, 0.1) is 0 Å². The first-order chi connectivity index (χ1) is 11.6. The standard InChI is InChI=1S/C18H28N4O2.2ClH/c1-19-9-3-4-17(23)20-16-7-5-15(6-8-16)14-18(24)22-12-10-21(2)11-13-22;;/h5-8,19H,3-4,9-14H2,1-2H3,(H,20,23);2*1H. The minimum Gasteiger partial charge on any atom is -0.340 e. The summed E-state index contributed by atoms with van der Waals surface area (Å²) in [6.07, 6.45) is 1.74. The average Bonchev–Trinajstić information content (AvgIpc) is 2.57. The molecular weight excluding hydrogens is 375 g/mol. The lowest BCUT2D eigenvalue weighted by Gasteiger charge is -2.32. The van der Waals surface area contributed by atoms with E-state index in [1.807, 2.05) is 36.2 Å². The summed E-state index contributed by atoms with van der Waals surface area (Å²) < 4.78 is 0. The molecule has 1 aromatic rings. The molecule has 0 bridgehead atoms. The number of nitrogens with one attached hydrogen (secondary N) is 2. The molecule has 8 heteroatoms. The average molecular weight is 405 g/mol. The van der Waals surface area contributed by atoms with Gasteiger partial charge < -0.3 is 20.4 Å².